The van der Waals surface area contributed by atoms with Gasteiger partial charge in [-0.3, -0.25) is 9.48 Å². The fourth-order valence-electron chi connectivity index (χ4n) is 3.19. The van der Waals surface area contributed by atoms with Crippen LogP contribution in [0.25, 0.3) is 0 Å². The van der Waals surface area contributed by atoms with Gasteiger partial charge in [-0.05, 0) is 37.9 Å². The predicted octanol–water partition coefficient (Wildman–Crippen LogP) is 1.91. The fourth-order valence-corrected chi connectivity index (χ4v) is 3.19. The van der Waals surface area contributed by atoms with Gasteiger partial charge in [-0.2, -0.15) is 5.10 Å². The van der Waals surface area contributed by atoms with Gasteiger partial charge in [-0.15, -0.1) is 0 Å². The summed E-state index contributed by atoms with van der Waals surface area (Å²) in [5, 5.41) is 4.48. The summed E-state index contributed by atoms with van der Waals surface area (Å²) >= 11 is 0. The molecule has 0 N–H and O–H groups in total. The van der Waals surface area contributed by atoms with Crippen LogP contribution in [0.4, 0.5) is 0 Å². The van der Waals surface area contributed by atoms with E-state index in [1.54, 1.807) is 0 Å². The second-order valence-electron chi connectivity index (χ2n) is 6.33. The molecule has 0 unspecified atom stereocenters. The van der Waals surface area contributed by atoms with Gasteiger partial charge in [0.05, 0.1) is 18.3 Å². The molecule has 1 atom stereocenters. The number of fused-ring (bicyclic) bond motifs is 1. The zero-order valence-electron chi connectivity index (χ0n) is 13.2. The molecule has 0 aromatic carbocycles. The van der Waals surface area contributed by atoms with Crippen molar-refractivity contribution in [1.82, 2.24) is 19.6 Å². The van der Waals surface area contributed by atoms with Gasteiger partial charge >= 0.3 is 0 Å². The lowest BCUT2D eigenvalue weighted by Gasteiger charge is -2.36. The van der Waals surface area contributed by atoms with Crippen molar-refractivity contribution >= 4 is 5.91 Å². The van der Waals surface area contributed by atoms with Crippen molar-refractivity contribution in [2.75, 3.05) is 26.2 Å². The van der Waals surface area contributed by atoms with E-state index in [-0.39, 0.29) is 6.04 Å². The number of amides is 1. The van der Waals surface area contributed by atoms with E-state index < -0.39 is 0 Å². The van der Waals surface area contributed by atoms with Crippen LogP contribution in [0.15, 0.2) is 12.3 Å². The highest BCUT2D eigenvalue weighted by atomic mass is 16.2. The van der Waals surface area contributed by atoms with Crippen molar-refractivity contribution in [3.63, 3.8) is 0 Å². The summed E-state index contributed by atoms with van der Waals surface area (Å²) < 4.78 is 2.12. The van der Waals surface area contributed by atoms with Crippen molar-refractivity contribution in [3.05, 3.63) is 18.0 Å². The van der Waals surface area contributed by atoms with Crippen LogP contribution in [-0.2, 0) is 11.3 Å². The van der Waals surface area contributed by atoms with Gasteiger partial charge in [-0.25, -0.2) is 0 Å². The second-order valence-corrected chi connectivity index (χ2v) is 6.33. The number of carbonyl (C=O) groups excluding carboxylic acids is 1. The molecular formula is C16H26N4O. The first kappa shape index (κ1) is 14.6. The molecule has 0 bridgehead atoms. The molecule has 1 aliphatic heterocycles. The van der Waals surface area contributed by atoms with Gasteiger partial charge in [-0.1, -0.05) is 13.8 Å². The van der Waals surface area contributed by atoms with Crippen LogP contribution in [0.3, 0.4) is 0 Å². The average Bonchev–Trinajstić information content (AvgIpc) is 3.17. The lowest BCUT2D eigenvalue weighted by molar-refractivity contribution is -0.133. The molecule has 0 saturated heterocycles. The highest BCUT2D eigenvalue weighted by molar-refractivity contribution is 5.76. The Bertz CT molecular complexity index is 490. The van der Waals surface area contributed by atoms with Crippen molar-refractivity contribution in [3.8, 4) is 0 Å². The average molecular weight is 290 g/mol. The summed E-state index contributed by atoms with van der Waals surface area (Å²) in [6.07, 6.45) is 5.08. The van der Waals surface area contributed by atoms with Gasteiger partial charge in [0.1, 0.15) is 0 Å². The maximum atomic E-state index is 12.4. The van der Waals surface area contributed by atoms with E-state index in [0.29, 0.717) is 11.8 Å². The molecule has 1 amide bonds. The monoisotopic (exact) mass is 290 g/mol. The number of likely N-dealkylation sites (N-methyl/N-ethyl adjacent to an activating group) is 1. The summed E-state index contributed by atoms with van der Waals surface area (Å²) in [4.78, 5) is 16.9. The first-order chi connectivity index (χ1) is 10.2. The Morgan fingerprint density at radius 2 is 2.14 bits per heavy atom. The number of carbonyl (C=O) groups is 1. The standard InChI is InChI=1S/C16H26N4O/c1-3-18(4-2)10-15-12-19(16(21)9-13-5-6-13)11-14-7-8-17-20(14)15/h7-8,13,15H,3-6,9-12H2,1-2H3/t15-/m1/s1. The molecule has 1 aromatic rings. The van der Waals surface area contributed by atoms with Crippen LogP contribution >= 0.6 is 0 Å². The number of rotatable bonds is 6. The zero-order chi connectivity index (χ0) is 14.8. The highest BCUT2D eigenvalue weighted by Crippen LogP contribution is 2.33. The first-order valence-corrected chi connectivity index (χ1v) is 8.23. The minimum atomic E-state index is 0.284. The van der Waals surface area contributed by atoms with Crippen LogP contribution in [0, 0.1) is 5.92 Å². The number of nitrogens with zero attached hydrogens (tertiary/aromatic N) is 4. The number of hydrogen-bond acceptors (Lipinski definition) is 3. The van der Waals surface area contributed by atoms with E-state index in [1.165, 1.54) is 18.5 Å². The lowest BCUT2D eigenvalue weighted by Crippen LogP contribution is -2.45. The molecule has 2 heterocycles. The van der Waals surface area contributed by atoms with Crippen molar-refractivity contribution in [2.24, 2.45) is 5.92 Å². The van der Waals surface area contributed by atoms with Crippen LogP contribution in [0.1, 0.15) is 44.8 Å². The molecule has 1 fully saturated rings. The topological polar surface area (TPSA) is 41.4 Å². The van der Waals surface area contributed by atoms with Crippen molar-refractivity contribution in [2.45, 2.75) is 45.7 Å². The lowest BCUT2D eigenvalue weighted by atomic mass is 10.1. The first-order valence-electron chi connectivity index (χ1n) is 8.23. The minimum absolute atomic E-state index is 0.284. The molecule has 1 aliphatic carbocycles. The molecule has 2 aliphatic rings. The minimum Gasteiger partial charge on any atom is -0.335 e. The van der Waals surface area contributed by atoms with E-state index in [0.717, 1.165) is 39.1 Å². The SMILES string of the molecule is CCN(CC)C[C@@H]1CN(C(=O)CC2CC2)Cc2ccnn21. The number of aromatic nitrogens is 2. The van der Waals surface area contributed by atoms with Gasteiger partial charge < -0.3 is 9.80 Å². The van der Waals surface area contributed by atoms with Gasteiger partial charge in [0.25, 0.3) is 0 Å². The smallest absolute Gasteiger partial charge is 0.223 e. The van der Waals surface area contributed by atoms with E-state index in [2.05, 4.69) is 28.5 Å². The molecule has 1 saturated carbocycles. The van der Waals surface area contributed by atoms with Gasteiger partial charge in [0.15, 0.2) is 0 Å². The fraction of sp³-hybridized carbons (Fsp3) is 0.750. The summed E-state index contributed by atoms with van der Waals surface area (Å²) in [5.74, 6) is 0.986. The third-order valence-electron chi connectivity index (χ3n) is 4.76. The molecule has 0 spiro atoms. The molecule has 5 heteroatoms. The highest BCUT2D eigenvalue weighted by Gasteiger charge is 2.32. The van der Waals surface area contributed by atoms with E-state index in [4.69, 9.17) is 0 Å². The maximum absolute atomic E-state index is 12.4. The second kappa shape index (κ2) is 6.18. The summed E-state index contributed by atoms with van der Waals surface area (Å²) in [5.41, 5.74) is 1.17. The molecule has 21 heavy (non-hydrogen) atoms. The largest absolute Gasteiger partial charge is 0.335 e. The molecule has 3 rings (SSSR count). The normalized spacial score (nSPS) is 21.7. The third kappa shape index (κ3) is 3.28. The summed E-state index contributed by atoms with van der Waals surface area (Å²) in [7, 11) is 0. The van der Waals surface area contributed by atoms with E-state index in [9.17, 15) is 4.79 Å². The van der Waals surface area contributed by atoms with E-state index in [1.807, 2.05) is 17.2 Å². The maximum Gasteiger partial charge on any atom is 0.223 e. The molecule has 0 radical (unpaired) electrons. The van der Waals surface area contributed by atoms with E-state index >= 15 is 0 Å². The summed E-state index contributed by atoms with van der Waals surface area (Å²) in [6, 6.07) is 2.33. The summed E-state index contributed by atoms with van der Waals surface area (Å²) in [6.45, 7) is 8.95. The van der Waals surface area contributed by atoms with Crippen molar-refractivity contribution < 1.29 is 4.79 Å². The van der Waals surface area contributed by atoms with Crippen LogP contribution in [0.5, 0.6) is 0 Å². The van der Waals surface area contributed by atoms with Crippen LogP contribution in [0.2, 0.25) is 0 Å². The van der Waals surface area contributed by atoms with Crippen LogP contribution in [-0.4, -0.2) is 51.7 Å². The molecular weight excluding hydrogens is 264 g/mol. The Morgan fingerprint density at radius 1 is 1.38 bits per heavy atom. The van der Waals surface area contributed by atoms with Crippen LogP contribution < -0.4 is 0 Å². The predicted molar refractivity (Wildman–Crippen MR) is 81.8 cm³/mol. The quantitative estimate of drug-likeness (QED) is 0.803. The van der Waals surface area contributed by atoms with Crippen molar-refractivity contribution in [1.29, 1.82) is 0 Å². The van der Waals surface area contributed by atoms with Gasteiger partial charge in [0.2, 0.25) is 5.91 Å². The Hall–Kier alpha value is -1.36. The number of hydrogen-bond donors (Lipinski definition) is 0. The Labute approximate surface area is 126 Å². The molecule has 116 valence electrons. The third-order valence-corrected chi connectivity index (χ3v) is 4.76. The van der Waals surface area contributed by atoms with Gasteiger partial charge in [0, 0.05) is 25.7 Å². The molecule has 1 aromatic heterocycles. The Morgan fingerprint density at radius 3 is 2.81 bits per heavy atom. The Kier molecular flexibility index (Phi) is 4.29. The molecule has 5 nitrogen and oxygen atoms in total. The zero-order valence-corrected chi connectivity index (χ0v) is 13.2. The Balaban J connectivity index is 1.71.